The molecule has 0 spiro atoms. The number of amides is 2. The van der Waals surface area contributed by atoms with Crippen molar-refractivity contribution >= 4 is 17.5 Å². The van der Waals surface area contributed by atoms with Crippen molar-refractivity contribution in [3.63, 3.8) is 0 Å². The number of anilines is 1. The van der Waals surface area contributed by atoms with Crippen molar-refractivity contribution in [3.05, 3.63) is 65.0 Å². The van der Waals surface area contributed by atoms with Gasteiger partial charge in [0.15, 0.2) is 0 Å². The predicted molar refractivity (Wildman–Crippen MR) is 85.8 cm³/mol. The number of hydrogen-bond donors (Lipinski definition) is 2. The highest BCUT2D eigenvalue weighted by Crippen LogP contribution is 2.23. The lowest BCUT2D eigenvalue weighted by atomic mass is 9.99. The first-order valence-corrected chi connectivity index (χ1v) is 7.57. The van der Waals surface area contributed by atoms with Crippen molar-refractivity contribution in [1.29, 1.82) is 0 Å². The molecule has 0 saturated heterocycles. The molecule has 0 radical (unpaired) electrons. The number of carbonyl (C=O) groups excluding carboxylic acids is 2. The lowest BCUT2D eigenvalue weighted by Gasteiger charge is -2.17. The van der Waals surface area contributed by atoms with Crippen LogP contribution >= 0.6 is 0 Å². The summed E-state index contributed by atoms with van der Waals surface area (Å²) in [6.45, 7) is 0.501. The van der Waals surface area contributed by atoms with Crippen LogP contribution in [0.5, 0.6) is 0 Å². The highest BCUT2D eigenvalue weighted by molar-refractivity contribution is 5.94. The third-order valence-corrected chi connectivity index (χ3v) is 3.87. The molecule has 4 nitrogen and oxygen atoms in total. The first-order valence-electron chi connectivity index (χ1n) is 7.57. The summed E-state index contributed by atoms with van der Waals surface area (Å²) in [5.41, 5.74) is 3.56. The topological polar surface area (TPSA) is 58.2 Å². The van der Waals surface area contributed by atoms with Gasteiger partial charge in [0.05, 0.1) is 0 Å². The van der Waals surface area contributed by atoms with Crippen molar-refractivity contribution in [2.45, 2.75) is 19.3 Å². The Hall–Kier alpha value is -2.69. The maximum atomic E-state index is 12.8. The summed E-state index contributed by atoms with van der Waals surface area (Å²) in [6, 6.07) is 11.4. The van der Waals surface area contributed by atoms with Gasteiger partial charge in [-0.05, 0) is 54.3 Å². The van der Waals surface area contributed by atoms with Crippen LogP contribution < -0.4 is 10.6 Å². The molecule has 2 aromatic carbocycles. The van der Waals surface area contributed by atoms with Crippen LogP contribution in [0.25, 0.3) is 0 Å². The Bertz CT molecular complexity index is 741. The monoisotopic (exact) mass is 312 g/mol. The number of aryl methyl sites for hydroxylation is 1. The second-order valence-corrected chi connectivity index (χ2v) is 5.55. The van der Waals surface area contributed by atoms with E-state index >= 15 is 0 Å². The van der Waals surface area contributed by atoms with Crippen LogP contribution in [0.3, 0.4) is 0 Å². The maximum absolute atomic E-state index is 12.8. The zero-order chi connectivity index (χ0) is 16.2. The lowest BCUT2D eigenvalue weighted by Crippen LogP contribution is -2.25. The molecule has 2 aromatic rings. The first-order chi connectivity index (χ1) is 11.1. The lowest BCUT2D eigenvalue weighted by molar-refractivity contribution is -0.116. The number of hydrogen-bond acceptors (Lipinski definition) is 2. The Labute approximate surface area is 133 Å². The van der Waals surface area contributed by atoms with E-state index < -0.39 is 0 Å². The van der Waals surface area contributed by atoms with Crippen molar-refractivity contribution in [2.24, 2.45) is 0 Å². The molecule has 23 heavy (non-hydrogen) atoms. The predicted octanol–water partition coefficient (Wildman–Crippen LogP) is 2.68. The van der Waals surface area contributed by atoms with E-state index in [1.165, 1.54) is 24.3 Å². The van der Waals surface area contributed by atoms with Crippen LogP contribution in [0.2, 0.25) is 0 Å². The van der Waals surface area contributed by atoms with Gasteiger partial charge in [-0.1, -0.05) is 12.1 Å². The summed E-state index contributed by atoms with van der Waals surface area (Å²) >= 11 is 0. The molecule has 0 aliphatic carbocycles. The standard InChI is InChI=1S/C18H17FN2O2/c19-15-5-2-13(3-6-15)18(23)20-10-9-12-1-7-16-14(11-12)4-8-17(22)21-16/h1-3,5-7,11H,4,8-10H2,(H,20,23)(H,21,22). The largest absolute Gasteiger partial charge is 0.352 e. The molecule has 0 saturated carbocycles. The molecule has 5 heteroatoms. The first kappa shape index (κ1) is 15.2. The average molecular weight is 312 g/mol. The molecule has 1 aliphatic rings. The Kier molecular flexibility index (Phi) is 4.37. The minimum Gasteiger partial charge on any atom is -0.352 e. The van der Waals surface area contributed by atoms with Gasteiger partial charge >= 0.3 is 0 Å². The quantitative estimate of drug-likeness (QED) is 0.912. The molecular weight excluding hydrogens is 295 g/mol. The number of rotatable bonds is 4. The van der Waals surface area contributed by atoms with Crippen LogP contribution in [0.4, 0.5) is 10.1 Å². The van der Waals surface area contributed by atoms with E-state index in [-0.39, 0.29) is 17.6 Å². The van der Waals surface area contributed by atoms with Gasteiger partial charge in [-0.25, -0.2) is 4.39 Å². The van der Waals surface area contributed by atoms with Crippen LogP contribution in [0.1, 0.15) is 27.9 Å². The zero-order valence-electron chi connectivity index (χ0n) is 12.6. The smallest absolute Gasteiger partial charge is 0.251 e. The second-order valence-electron chi connectivity index (χ2n) is 5.55. The molecule has 0 fully saturated rings. The van der Waals surface area contributed by atoms with E-state index in [4.69, 9.17) is 0 Å². The zero-order valence-corrected chi connectivity index (χ0v) is 12.6. The van der Waals surface area contributed by atoms with E-state index in [1.54, 1.807) is 0 Å². The Morgan fingerprint density at radius 1 is 1.13 bits per heavy atom. The van der Waals surface area contributed by atoms with Gasteiger partial charge in [0.1, 0.15) is 5.82 Å². The summed E-state index contributed by atoms with van der Waals surface area (Å²) in [5, 5.41) is 5.67. The normalized spacial score (nSPS) is 13.2. The van der Waals surface area contributed by atoms with Crippen LogP contribution in [0.15, 0.2) is 42.5 Å². The Morgan fingerprint density at radius 2 is 1.91 bits per heavy atom. The fourth-order valence-electron chi connectivity index (χ4n) is 2.62. The molecule has 118 valence electrons. The molecule has 3 rings (SSSR count). The van der Waals surface area contributed by atoms with Gasteiger partial charge in [0.2, 0.25) is 5.91 Å². The fraction of sp³-hybridized carbons (Fsp3) is 0.222. The molecule has 2 N–H and O–H groups in total. The maximum Gasteiger partial charge on any atom is 0.251 e. The molecule has 1 heterocycles. The second kappa shape index (κ2) is 6.60. The van der Waals surface area contributed by atoms with Crippen molar-refractivity contribution < 1.29 is 14.0 Å². The molecule has 0 bridgehead atoms. The molecule has 2 amide bonds. The Balaban J connectivity index is 1.55. The molecule has 1 aliphatic heterocycles. The van der Waals surface area contributed by atoms with E-state index in [1.807, 2.05) is 12.1 Å². The van der Waals surface area contributed by atoms with E-state index in [2.05, 4.69) is 16.7 Å². The van der Waals surface area contributed by atoms with Crippen molar-refractivity contribution in [2.75, 3.05) is 11.9 Å². The van der Waals surface area contributed by atoms with Gasteiger partial charge in [-0.2, -0.15) is 0 Å². The molecule has 0 unspecified atom stereocenters. The summed E-state index contributed by atoms with van der Waals surface area (Å²) in [4.78, 5) is 23.3. The van der Waals surface area contributed by atoms with Crippen LogP contribution in [0, 0.1) is 5.82 Å². The highest BCUT2D eigenvalue weighted by atomic mass is 19.1. The van der Waals surface area contributed by atoms with Crippen molar-refractivity contribution in [3.8, 4) is 0 Å². The Morgan fingerprint density at radius 3 is 2.70 bits per heavy atom. The highest BCUT2D eigenvalue weighted by Gasteiger charge is 2.14. The number of nitrogens with one attached hydrogen (secondary N) is 2. The SMILES string of the molecule is O=C1CCc2cc(CCNC(=O)c3ccc(F)cc3)ccc2N1. The van der Waals surface area contributed by atoms with Gasteiger partial charge in [0, 0.05) is 24.2 Å². The number of halogens is 1. The molecule has 0 aromatic heterocycles. The van der Waals surface area contributed by atoms with Crippen LogP contribution in [-0.4, -0.2) is 18.4 Å². The van der Waals surface area contributed by atoms with Gasteiger partial charge in [-0.15, -0.1) is 0 Å². The van der Waals surface area contributed by atoms with E-state index in [0.29, 0.717) is 24.9 Å². The average Bonchev–Trinajstić information content (AvgIpc) is 2.55. The van der Waals surface area contributed by atoms with E-state index in [9.17, 15) is 14.0 Å². The van der Waals surface area contributed by atoms with E-state index in [0.717, 1.165) is 23.2 Å². The van der Waals surface area contributed by atoms with Gasteiger partial charge in [0.25, 0.3) is 5.91 Å². The minimum absolute atomic E-state index is 0.0526. The minimum atomic E-state index is -0.359. The fourth-order valence-corrected chi connectivity index (χ4v) is 2.62. The van der Waals surface area contributed by atoms with Gasteiger partial charge in [-0.3, -0.25) is 9.59 Å². The summed E-state index contributed by atoms with van der Waals surface area (Å²) < 4.78 is 12.8. The number of fused-ring (bicyclic) bond motifs is 1. The molecular formula is C18H17FN2O2. The summed E-state index contributed by atoms with van der Waals surface area (Å²) in [6.07, 6.45) is 1.96. The van der Waals surface area contributed by atoms with Crippen molar-refractivity contribution in [1.82, 2.24) is 5.32 Å². The van der Waals surface area contributed by atoms with Gasteiger partial charge < -0.3 is 10.6 Å². The number of carbonyl (C=O) groups is 2. The third-order valence-electron chi connectivity index (χ3n) is 3.87. The summed E-state index contributed by atoms with van der Waals surface area (Å²) in [5.74, 6) is -0.519. The molecule has 0 atom stereocenters. The summed E-state index contributed by atoms with van der Waals surface area (Å²) in [7, 11) is 0. The van der Waals surface area contributed by atoms with Crippen LogP contribution in [-0.2, 0) is 17.6 Å². The number of benzene rings is 2. The third kappa shape index (κ3) is 3.74.